The van der Waals surface area contributed by atoms with E-state index in [4.69, 9.17) is 10.5 Å². The highest BCUT2D eigenvalue weighted by Crippen LogP contribution is 2.64. The Hall–Kier alpha value is -0.670. The molecule has 24 heavy (non-hydrogen) atoms. The van der Waals surface area contributed by atoms with E-state index in [-0.39, 0.29) is 5.41 Å². The summed E-state index contributed by atoms with van der Waals surface area (Å²) in [6, 6.07) is 0. The van der Waals surface area contributed by atoms with Gasteiger partial charge >= 0.3 is 0 Å². The van der Waals surface area contributed by atoms with Crippen molar-refractivity contribution in [3.8, 4) is 0 Å². The van der Waals surface area contributed by atoms with Crippen molar-refractivity contribution in [2.45, 2.75) is 71.3 Å². The van der Waals surface area contributed by atoms with Gasteiger partial charge in [0, 0.05) is 18.4 Å². The van der Waals surface area contributed by atoms with Gasteiger partial charge in [0.1, 0.15) is 5.78 Å². The van der Waals surface area contributed by atoms with Gasteiger partial charge in [0.15, 0.2) is 0 Å². The highest BCUT2D eigenvalue weighted by Gasteiger charge is 2.58. The standard InChI is InChI=1S/C21H33NO2/c1-20-9-7-15(24-12-11-22)13-14(20)3-4-16-17-5-6-19(23)21(17,2)10-8-18(16)20/h3,15-18H,4-13,22H2,1-2H3/t15-,16+,17+,18+,20-,21-/m0/s1. The van der Waals surface area contributed by atoms with Crippen molar-refractivity contribution >= 4 is 5.78 Å². The molecule has 6 atom stereocenters. The summed E-state index contributed by atoms with van der Waals surface area (Å²) in [5, 5.41) is 0. The molecular weight excluding hydrogens is 298 g/mol. The zero-order valence-electron chi connectivity index (χ0n) is 15.4. The maximum atomic E-state index is 12.5. The summed E-state index contributed by atoms with van der Waals surface area (Å²) >= 11 is 0. The Morgan fingerprint density at radius 2 is 1.92 bits per heavy atom. The molecule has 2 N–H and O–H groups in total. The van der Waals surface area contributed by atoms with Crippen LogP contribution in [-0.4, -0.2) is 25.0 Å². The smallest absolute Gasteiger partial charge is 0.139 e. The second-order valence-corrected chi connectivity index (χ2v) is 9.20. The Labute approximate surface area is 146 Å². The molecule has 0 radical (unpaired) electrons. The third-order valence-corrected chi connectivity index (χ3v) is 8.24. The van der Waals surface area contributed by atoms with Crippen LogP contribution in [0.15, 0.2) is 11.6 Å². The van der Waals surface area contributed by atoms with E-state index in [1.54, 1.807) is 5.57 Å². The fourth-order valence-electron chi connectivity index (χ4n) is 6.78. The Morgan fingerprint density at radius 3 is 2.71 bits per heavy atom. The zero-order chi connectivity index (χ0) is 16.9. The SMILES string of the molecule is C[C@]12CC[C@H](OCCN)CC1=CC[C@H]1[C@H]2CC[C@]2(C)C(=O)CC[C@H]12. The van der Waals surface area contributed by atoms with Gasteiger partial charge in [-0.3, -0.25) is 4.79 Å². The Bertz CT molecular complexity index is 556. The van der Waals surface area contributed by atoms with Crippen LogP contribution in [0, 0.1) is 28.6 Å². The lowest BCUT2D eigenvalue weighted by molar-refractivity contribution is -0.132. The van der Waals surface area contributed by atoms with Crippen molar-refractivity contribution in [1.29, 1.82) is 0 Å². The van der Waals surface area contributed by atoms with E-state index < -0.39 is 0 Å². The monoisotopic (exact) mass is 331 g/mol. The van der Waals surface area contributed by atoms with Crippen LogP contribution in [0.25, 0.3) is 0 Å². The first-order valence-electron chi connectivity index (χ1n) is 10.0. The molecule has 4 aliphatic carbocycles. The largest absolute Gasteiger partial charge is 0.377 e. The lowest BCUT2D eigenvalue weighted by Crippen LogP contribution is -2.50. The van der Waals surface area contributed by atoms with Crippen LogP contribution in [0.2, 0.25) is 0 Å². The molecule has 3 saturated carbocycles. The molecule has 3 fully saturated rings. The number of nitrogens with two attached hydrogens (primary N) is 1. The minimum Gasteiger partial charge on any atom is -0.377 e. The first-order chi connectivity index (χ1) is 11.5. The van der Waals surface area contributed by atoms with E-state index in [1.165, 1.54) is 19.3 Å². The quantitative estimate of drug-likeness (QED) is 0.799. The molecule has 0 aliphatic heterocycles. The molecule has 0 heterocycles. The number of rotatable bonds is 3. The minimum absolute atomic E-state index is 0.00961. The first kappa shape index (κ1) is 16.8. The fourth-order valence-corrected chi connectivity index (χ4v) is 6.78. The fraction of sp³-hybridized carbons (Fsp3) is 0.857. The number of ether oxygens (including phenoxy) is 1. The number of hydrogen-bond donors (Lipinski definition) is 1. The lowest BCUT2D eigenvalue weighted by Gasteiger charge is -2.57. The normalized spacial score (nSPS) is 47.6. The van der Waals surface area contributed by atoms with Crippen LogP contribution in [0.4, 0.5) is 0 Å². The van der Waals surface area contributed by atoms with Crippen LogP contribution in [0.5, 0.6) is 0 Å². The van der Waals surface area contributed by atoms with Crippen molar-refractivity contribution < 1.29 is 9.53 Å². The highest BCUT2D eigenvalue weighted by molar-refractivity contribution is 5.87. The summed E-state index contributed by atoms with van der Waals surface area (Å²) in [7, 11) is 0. The van der Waals surface area contributed by atoms with Crippen molar-refractivity contribution in [3.63, 3.8) is 0 Å². The van der Waals surface area contributed by atoms with Crippen LogP contribution in [0.1, 0.15) is 65.2 Å². The summed E-state index contributed by atoms with van der Waals surface area (Å²) < 4.78 is 5.95. The molecule has 4 rings (SSSR count). The van der Waals surface area contributed by atoms with Crippen LogP contribution >= 0.6 is 0 Å². The van der Waals surface area contributed by atoms with E-state index >= 15 is 0 Å². The number of carbonyl (C=O) groups is 1. The summed E-state index contributed by atoms with van der Waals surface area (Å²) in [6.07, 6.45) is 11.9. The Kier molecular flexibility index (Phi) is 4.16. The molecule has 0 unspecified atom stereocenters. The van der Waals surface area contributed by atoms with Gasteiger partial charge in [0.05, 0.1) is 12.7 Å². The molecule has 0 aromatic heterocycles. The Balaban J connectivity index is 1.56. The summed E-state index contributed by atoms with van der Waals surface area (Å²) in [5.41, 5.74) is 7.58. The first-order valence-corrected chi connectivity index (χ1v) is 10.0. The number of fused-ring (bicyclic) bond motifs is 5. The molecule has 0 spiro atoms. The van der Waals surface area contributed by atoms with Crippen molar-refractivity contribution in [2.24, 2.45) is 34.3 Å². The van der Waals surface area contributed by atoms with Crippen LogP contribution in [-0.2, 0) is 9.53 Å². The van der Waals surface area contributed by atoms with Crippen molar-refractivity contribution in [2.75, 3.05) is 13.2 Å². The van der Waals surface area contributed by atoms with E-state index in [0.29, 0.717) is 36.4 Å². The maximum Gasteiger partial charge on any atom is 0.139 e. The predicted octanol–water partition coefficient (Wildman–Crippen LogP) is 3.86. The van der Waals surface area contributed by atoms with Crippen LogP contribution < -0.4 is 5.73 Å². The summed E-state index contributed by atoms with van der Waals surface area (Å²) in [4.78, 5) is 12.5. The average molecular weight is 332 g/mol. The van der Waals surface area contributed by atoms with Crippen molar-refractivity contribution in [3.05, 3.63) is 11.6 Å². The number of Topliss-reactive ketones (excluding diaryl/α,β-unsaturated/α-hetero) is 1. The number of carbonyl (C=O) groups excluding carboxylic acids is 1. The van der Waals surface area contributed by atoms with Crippen LogP contribution in [0.3, 0.4) is 0 Å². The topological polar surface area (TPSA) is 52.3 Å². The van der Waals surface area contributed by atoms with Gasteiger partial charge < -0.3 is 10.5 Å². The van der Waals surface area contributed by atoms with Gasteiger partial charge in [0.25, 0.3) is 0 Å². The number of hydrogen-bond acceptors (Lipinski definition) is 3. The second-order valence-electron chi connectivity index (χ2n) is 9.20. The third-order valence-electron chi connectivity index (χ3n) is 8.24. The molecular formula is C21H33NO2. The lowest BCUT2D eigenvalue weighted by atomic mass is 9.48. The van der Waals surface area contributed by atoms with E-state index in [2.05, 4.69) is 19.9 Å². The van der Waals surface area contributed by atoms with Gasteiger partial charge in [-0.15, -0.1) is 0 Å². The van der Waals surface area contributed by atoms with E-state index in [1.807, 2.05) is 0 Å². The highest BCUT2D eigenvalue weighted by atomic mass is 16.5. The Morgan fingerprint density at radius 1 is 1.17 bits per heavy atom. The number of ketones is 1. The van der Waals surface area contributed by atoms with Gasteiger partial charge in [-0.25, -0.2) is 0 Å². The van der Waals surface area contributed by atoms with Gasteiger partial charge in [-0.2, -0.15) is 0 Å². The predicted molar refractivity (Wildman–Crippen MR) is 95.5 cm³/mol. The molecule has 0 aromatic rings. The second kappa shape index (κ2) is 5.95. The molecule has 0 aromatic carbocycles. The molecule has 134 valence electrons. The van der Waals surface area contributed by atoms with Gasteiger partial charge in [0.2, 0.25) is 0 Å². The molecule has 0 bridgehead atoms. The molecule has 0 saturated heterocycles. The average Bonchev–Trinajstić information content (AvgIpc) is 2.88. The van der Waals surface area contributed by atoms with Crippen molar-refractivity contribution in [1.82, 2.24) is 0 Å². The summed E-state index contributed by atoms with van der Waals surface area (Å²) in [6.45, 7) is 6.08. The maximum absolute atomic E-state index is 12.5. The zero-order valence-corrected chi connectivity index (χ0v) is 15.4. The molecule has 0 amide bonds. The molecule has 3 nitrogen and oxygen atoms in total. The third kappa shape index (κ3) is 2.34. The van der Waals surface area contributed by atoms with E-state index in [0.717, 1.165) is 43.9 Å². The van der Waals surface area contributed by atoms with E-state index in [9.17, 15) is 4.79 Å². The minimum atomic E-state index is -0.00961. The molecule has 4 aliphatic rings. The van der Waals surface area contributed by atoms with Gasteiger partial charge in [-0.05, 0) is 68.1 Å². The molecule has 3 heteroatoms. The summed E-state index contributed by atoms with van der Waals surface area (Å²) in [5.74, 6) is 2.68. The number of allylic oxidation sites excluding steroid dienone is 1. The van der Waals surface area contributed by atoms with Gasteiger partial charge in [-0.1, -0.05) is 25.5 Å².